The highest BCUT2D eigenvalue weighted by molar-refractivity contribution is 5.67. The van der Waals surface area contributed by atoms with Gasteiger partial charge in [-0.2, -0.15) is 0 Å². The summed E-state index contributed by atoms with van der Waals surface area (Å²) in [5, 5.41) is 9.21. The van der Waals surface area contributed by atoms with Gasteiger partial charge in [-0.3, -0.25) is 4.79 Å². The largest absolute Gasteiger partial charge is 0.481 e. The number of hydrogen-bond acceptors (Lipinski definition) is 2. The first kappa shape index (κ1) is 13.6. The van der Waals surface area contributed by atoms with Gasteiger partial charge in [0.1, 0.15) is 5.82 Å². The third-order valence-corrected chi connectivity index (χ3v) is 5.14. The molecule has 1 N–H and O–H groups in total. The molecule has 3 nitrogen and oxygen atoms in total. The lowest BCUT2D eigenvalue weighted by molar-refractivity contribution is -0.139. The van der Waals surface area contributed by atoms with Crippen molar-refractivity contribution in [2.75, 3.05) is 7.05 Å². The summed E-state index contributed by atoms with van der Waals surface area (Å²) in [5.74, 6) is -0.609. The molecular formula is C16H20FNO2. The summed E-state index contributed by atoms with van der Waals surface area (Å²) >= 11 is 0. The van der Waals surface area contributed by atoms with Crippen LogP contribution in [0.1, 0.15) is 37.2 Å². The van der Waals surface area contributed by atoms with Crippen molar-refractivity contribution in [3.63, 3.8) is 0 Å². The van der Waals surface area contributed by atoms with Crippen LogP contribution in [0.25, 0.3) is 0 Å². The minimum Gasteiger partial charge on any atom is -0.481 e. The Balaban J connectivity index is 1.91. The number of nitrogens with zero attached hydrogens (tertiary/aromatic N) is 1. The second kappa shape index (κ2) is 5.17. The summed E-state index contributed by atoms with van der Waals surface area (Å²) in [7, 11) is 2.11. The normalized spacial score (nSPS) is 33.3. The van der Waals surface area contributed by atoms with Crippen molar-refractivity contribution in [2.45, 2.75) is 43.7 Å². The van der Waals surface area contributed by atoms with E-state index in [1.165, 1.54) is 12.1 Å². The molecule has 108 valence electrons. The summed E-state index contributed by atoms with van der Waals surface area (Å²) in [4.78, 5) is 13.6. The number of fused-ring (bicyclic) bond motifs is 2. The van der Waals surface area contributed by atoms with Gasteiger partial charge in [0, 0.05) is 12.1 Å². The second-order valence-electron chi connectivity index (χ2n) is 6.12. The zero-order valence-corrected chi connectivity index (χ0v) is 11.6. The molecule has 0 radical (unpaired) electrons. The van der Waals surface area contributed by atoms with Crippen LogP contribution in [-0.4, -0.2) is 35.1 Å². The zero-order chi connectivity index (χ0) is 14.3. The highest BCUT2D eigenvalue weighted by Gasteiger charge is 2.46. The molecular weight excluding hydrogens is 257 g/mol. The van der Waals surface area contributed by atoms with Crippen LogP contribution in [0.5, 0.6) is 0 Å². The highest BCUT2D eigenvalue weighted by Crippen LogP contribution is 2.47. The molecule has 0 saturated carbocycles. The summed E-state index contributed by atoms with van der Waals surface area (Å²) < 4.78 is 13.1. The number of hydrogen-bond donors (Lipinski definition) is 1. The number of benzene rings is 1. The van der Waals surface area contributed by atoms with Crippen LogP contribution < -0.4 is 0 Å². The predicted octanol–water partition coefficient (Wildman–Crippen LogP) is 2.87. The summed E-state index contributed by atoms with van der Waals surface area (Å²) in [5.41, 5.74) is 1.09. The number of rotatable bonds is 3. The van der Waals surface area contributed by atoms with Crippen molar-refractivity contribution in [3.8, 4) is 0 Å². The van der Waals surface area contributed by atoms with E-state index in [2.05, 4.69) is 11.9 Å². The molecule has 4 atom stereocenters. The number of halogens is 1. The van der Waals surface area contributed by atoms with Crippen molar-refractivity contribution >= 4 is 5.97 Å². The number of carboxylic acid groups (broad SMARTS) is 1. The molecule has 2 unspecified atom stereocenters. The van der Waals surface area contributed by atoms with Gasteiger partial charge in [-0.25, -0.2) is 4.39 Å². The van der Waals surface area contributed by atoms with E-state index >= 15 is 0 Å². The maximum absolute atomic E-state index is 13.1. The molecule has 1 aromatic carbocycles. The molecule has 0 amide bonds. The fourth-order valence-electron chi connectivity index (χ4n) is 4.15. The van der Waals surface area contributed by atoms with Gasteiger partial charge in [0.25, 0.3) is 0 Å². The molecule has 4 heteroatoms. The van der Waals surface area contributed by atoms with Crippen LogP contribution in [0.4, 0.5) is 4.39 Å². The molecule has 0 aliphatic carbocycles. The fraction of sp³-hybridized carbons (Fsp3) is 0.562. The molecule has 2 saturated heterocycles. The first-order valence-corrected chi connectivity index (χ1v) is 7.25. The Morgan fingerprint density at radius 2 is 2.05 bits per heavy atom. The Morgan fingerprint density at radius 1 is 1.35 bits per heavy atom. The van der Waals surface area contributed by atoms with Crippen LogP contribution in [0.15, 0.2) is 24.3 Å². The number of piperidine rings is 1. The Labute approximate surface area is 118 Å². The standard InChI is InChI=1S/C16H20FNO2/c1-18-12-6-7-15(18)14(9-16(19)20)13(8-12)10-2-4-11(17)5-3-10/h2-5,12-15H,6-9H2,1H3,(H,19,20)/t12?,13-,14-,15?/m0/s1. The minimum absolute atomic E-state index is 0.127. The van der Waals surface area contributed by atoms with Crippen LogP contribution in [0, 0.1) is 11.7 Å². The predicted molar refractivity (Wildman–Crippen MR) is 74.1 cm³/mol. The van der Waals surface area contributed by atoms with Crippen LogP contribution in [0.3, 0.4) is 0 Å². The van der Waals surface area contributed by atoms with E-state index in [0.717, 1.165) is 24.8 Å². The lowest BCUT2D eigenvalue weighted by Gasteiger charge is -2.43. The van der Waals surface area contributed by atoms with Gasteiger partial charge < -0.3 is 10.0 Å². The highest BCUT2D eigenvalue weighted by atomic mass is 19.1. The smallest absolute Gasteiger partial charge is 0.303 e. The van der Waals surface area contributed by atoms with Gasteiger partial charge in [0.15, 0.2) is 0 Å². The Kier molecular flexibility index (Phi) is 3.50. The number of carbonyl (C=O) groups is 1. The van der Waals surface area contributed by atoms with Gasteiger partial charge in [0.05, 0.1) is 6.42 Å². The fourth-order valence-corrected chi connectivity index (χ4v) is 4.15. The van der Waals surface area contributed by atoms with Gasteiger partial charge >= 0.3 is 5.97 Å². The molecule has 0 spiro atoms. The third-order valence-electron chi connectivity index (χ3n) is 5.14. The summed E-state index contributed by atoms with van der Waals surface area (Å²) in [6, 6.07) is 7.49. The van der Waals surface area contributed by atoms with E-state index in [-0.39, 0.29) is 24.1 Å². The van der Waals surface area contributed by atoms with E-state index in [1.54, 1.807) is 0 Å². The second-order valence-corrected chi connectivity index (χ2v) is 6.12. The lowest BCUT2D eigenvalue weighted by atomic mass is 9.74. The van der Waals surface area contributed by atoms with Crippen molar-refractivity contribution in [1.29, 1.82) is 0 Å². The number of carboxylic acids is 1. The minimum atomic E-state index is -0.735. The average Bonchev–Trinajstić information content (AvgIpc) is 2.65. The maximum Gasteiger partial charge on any atom is 0.303 e. The third kappa shape index (κ3) is 2.33. The maximum atomic E-state index is 13.1. The van der Waals surface area contributed by atoms with Crippen LogP contribution in [-0.2, 0) is 4.79 Å². The molecule has 2 heterocycles. The Hall–Kier alpha value is -1.42. The van der Waals surface area contributed by atoms with E-state index in [0.29, 0.717) is 12.1 Å². The molecule has 2 fully saturated rings. The lowest BCUT2D eigenvalue weighted by Crippen LogP contribution is -2.46. The van der Waals surface area contributed by atoms with Gasteiger partial charge in [0.2, 0.25) is 0 Å². The molecule has 20 heavy (non-hydrogen) atoms. The monoisotopic (exact) mass is 277 g/mol. The SMILES string of the molecule is CN1C2CCC1[C@@H](CC(=O)O)[C@H](c1ccc(F)cc1)C2. The van der Waals surface area contributed by atoms with Gasteiger partial charge in [-0.1, -0.05) is 12.1 Å². The van der Waals surface area contributed by atoms with Crippen LogP contribution >= 0.6 is 0 Å². The van der Waals surface area contributed by atoms with E-state index in [1.807, 2.05) is 12.1 Å². The van der Waals surface area contributed by atoms with Gasteiger partial charge in [-0.15, -0.1) is 0 Å². The zero-order valence-electron chi connectivity index (χ0n) is 11.6. The molecule has 0 aromatic heterocycles. The molecule has 1 aromatic rings. The summed E-state index contributed by atoms with van der Waals surface area (Å²) in [6.07, 6.45) is 3.41. The summed E-state index contributed by atoms with van der Waals surface area (Å²) in [6.45, 7) is 0. The molecule has 2 bridgehead atoms. The molecule has 2 aliphatic rings. The Bertz CT molecular complexity index is 502. The topological polar surface area (TPSA) is 40.5 Å². The quantitative estimate of drug-likeness (QED) is 0.923. The first-order valence-electron chi connectivity index (χ1n) is 7.25. The van der Waals surface area contributed by atoms with E-state index < -0.39 is 5.97 Å². The van der Waals surface area contributed by atoms with E-state index in [9.17, 15) is 14.3 Å². The molecule has 2 aliphatic heterocycles. The Morgan fingerprint density at radius 3 is 2.70 bits per heavy atom. The van der Waals surface area contributed by atoms with E-state index in [4.69, 9.17) is 0 Å². The van der Waals surface area contributed by atoms with Crippen molar-refractivity contribution in [1.82, 2.24) is 4.90 Å². The first-order chi connectivity index (χ1) is 9.56. The number of aliphatic carboxylic acids is 1. The van der Waals surface area contributed by atoms with Gasteiger partial charge in [-0.05, 0) is 55.8 Å². The van der Waals surface area contributed by atoms with Crippen LogP contribution in [0.2, 0.25) is 0 Å². The van der Waals surface area contributed by atoms with Crippen molar-refractivity contribution in [2.24, 2.45) is 5.92 Å². The molecule has 3 rings (SSSR count). The average molecular weight is 277 g/mol. The van der Waals surface area contributed by atoms with Crippen molar-refractivity contribution in [3.05, 3.63) is 35.6 Å². The van der Waals surface area contributed by atoms with Crippen molar-refractivity contribution < 1.29 is 14.3 Å².